The highest BCUT2D eigenvalue weighted by molar-refractivity contribution is 5.80. The first kappa shape index (κ1) is 23.1. The zero-order chi connectivity index (χ0) is 23.5. The second-order valence-corrected chi connectivity index (χ2v) is 10.4. The van der Waals surface area contributed by atoms with Crippen molar-refractivity contribution >= 4 is 5.91 Å². The predicted octanol–water partition coefficient (Wildman–Crippen LogP) is 4.58. The lowest BCUT2D eigenvalue weighted by Crippen LogP contribution is -2.48. The van der Waals surface area contributed by atoms with Crippen LogP contribution in [0, 0.1) is 23.7 Å². The third-order valence-electron chi connectivity index (χ3n) is 8.27. The molecule has 1 amide bonds. The average Bonchev–Trinajstić information content (AvgIpc) is 3.52. The molecule has 1 saturated carbocycles. The van der Waals surface area contributed by atoms with Gasteiger partial charge < -0.3 is 9.64 Å². The number of pyridine rings is 1. The van der Waals surface area contributed by atoms with Gasteiger partial charge in [-0.25, -0.2) is 0 Å². The van der Waals surface area contributed by atoms with Gasteiger partial charge in [0.05, 0.1) is 12.8 Å². The molecule has 1 aliphatic heterocycles. The summed E-state index contributed by atoms with van der Waals surface area (Å²) in [6.45, 7) is 2.59. The smallest absolute Gasteiger partial charge is 0.226 e. The normalized spacial score (nSPS) is 25.1. The number of likely N-dealkylation sites (N-methyl/N-ethyl adjacent to an activating group) is 1. The minimum absolute atomic E-state index is 0.228. The molecular weight excluding hydrogens is 422 g/mol. The maximum absolute atomic E-state index is 13.3. The molecule has 0 N–H and O–H groups in total. The number of aromatic nitrogens is 1. The van der Waals surface area contributed by atoms with Gasteiger partial charge in [-0.15, -0.1) is 0 Å². The molecule has 3 aliphatic rings. The van der Waals surface area contributed by atoms with E-state index in [0.717, 1.165) is 56.8 Å². The first-order valence-electron chi connectivity index (χ1n) is 12.8. The van der Waals surface area contributed by atoms with Gasteiger partial charge in [-0.2, -0.15) is 0 Å². The van der Waals surface area contributed by atoms with Crippen LogP contribution < -0.4 is 4.74 Å². The Morgan fingerprint density at radius 2 is 2.00 bits per heavy atom. The fourth-order valence-electron chi connectivity index (χ4n) is 6.39. The van der Waals surface area contributed by atoms with E-state index >= 15 is 0 Å². The standard InChI is InChI=1S/C29H37N3O2/c1-31(20-25-7-3-4-13-30-25)28(19-21-6-5-8-26(17-21)34-2)23-11-14-32(15-12-23)29(33)27-18-22-9-10-24(27)16-22/h3-10,13,17,22-24,27-28H,11-12,14-16,18-20H2,1-2H3/t22-,24+,27+,28?/m1/s1. The van der Waals surface area contributed by atoms with Gasteiger partial charge in [0.1, 0.15) is 5.75 Å². The zero-order valence-corrected chi connectivity index (χ0v) is 20.5. The van der Waals surface area contributed by atoms with Crippen molar-refractivity contribution in [1.29, 1.82) is 0 Å². The van der Waals surface area contributed by atoms with E-state index < -0.39 is 0 Å². The number of ether oxygens (including phenoxy) is 1. The number of benzene rings is 1. The van der Waals surface area contributed by atoms with Crippen molar-refractivity contribution in [3.05, 3.63) is 72.1 Å². The van der Waals surface area contributed by atoms with E-state index in [1.807, 2.05) is 18.3 Å². The van der Waals surface area contributed by atoms with Gasteiger partial charge in [0.15, 0.2) is 0 Å². The van der Waals surface area contributed by atoms with Crippen LogP contribution in [0.2, 0.25) is 0 Å². The maximum atomic E-state index is 13.3. The summed E-state index contributed by atoms with van der Waals surface area (Å²) < 4.78 is 5.48. The number of likely N-dealkylation sites (tertiary alicyclic amines) is 1. The van der Waals surface area contributed by atoms with Crippen molar-refractivity contribution in [2.45, 2.75) is 44.7 Å². The Hall–Kier alpha value is -2.66. The van der Waals surface area contributed by atoms with Crippen LogP contribution >= 0.6 is 0 Å². The van der Waals surface area contributed by atoms with Gasteiger partial charge in [-0.05, 0) is 86.7 Å². The second-order valence-electron chi connectivity index (χ2n) is 10.4. The highest BCUT2D eigenvalue weighted by Gasteiger charge is 2.42. The molecule has 34 heavy (non-hydrogen) atoms. The molecule has 1 aromatic carbocycles. The Kier molecular flexibility index (Phi) is 7.00. The Morgan fingerprint density at radius 1 is 1.15 bits per heavy atom. The lowest BCUT2D eigenvalue weighted by Gasteiger charge is -2.41. The molecule has 0 spiro atoms. The number of carbonyl (C=O) groups is 1. The quantitative estimate of drug-likeness (QED) is 0.542. The number of methoxy groups -OCH3 is 1. The predicted molar refractivity (Wildman–Crippen MR) is 134 cm³/mol. The SMILES string of the molecule is COc1cccc(CC(C2CCN(C(=O)[C@H]3C[C@@H]4C=C[C@H]3C4)CC2)N(C)Cc2ccccn2)c1. The molecule has 2 fully saturated rings. The van der Waals surface area contributed by atoms with Crippen molar-refractivity contribution in [3.8, 4) is 5.75 Å². The summed E-state index contributed by atoms with van der Waals surface area (Å²) >= 11 is 0. The van der Waals surface area contributed by atoms with Crippen LogP contribution in [-0.2, 0) is 17.8 Å². The minimum atomic E-state index is 0.228. The summed E-state index contributed by atoms with van der Waals surface area (Å²) in [5.41, 5.74) is 2.39. The van der Waals surface area contributed by atoms with Gasteiger partial charge in [0.25, 0.3) is 0 Å². The molecule has 4 atom stereocenters. The fourth-order valence-corrected chi connectivity index (χ4v) is 6.39. The van der Waals surface area contributed by atoms with Gasteiger partial charge in [0, 0.05) is 37.8 Å². The molecule has 5 heteroatoms. The van der Waals surface area contributed by atoms with Crippen LogP contribution in [0.4, 0.5) is 0 Å². The third kappa shape index (κ3) is 5.05. The van der Waals surface area contributed by atoms with Crippen molar-refractivity contribution in [2.24, 2.45) is 23.7 Å². The molecule has 1 saturated heterocycles. The summed E-state index contributed by atoms with van der Waals surface area (Å²) in [6, 6.07) is 15.0. The third-order valence-corrected chi connectivity index (χ3v) is 8.27. The van der Waals surface area contributed by atoms with Gasteiger partial charge in [0.2, 0.25) is 5.91 Å². The average molecular weight is 460 g/mol. The first-order chi connectivity index (χ1) is 16.6. The summed E-state index contributed by atoms with van der Waals surface area (Å²) in [7, 11) is 3.95. The number of rotatable bonds is 8. The molecule has 2 bridgehead atoms. The van der Waals surface area contributed by atoms with Crippen LogP contribution in [0.3, 0.4) is 0 Å². The Bertz CT molecular complexity index is 999. The Balaban J connectivity index is 1.26. The molecule has 2 aliphatic carbocycles. The zero-order valence-electron chi connectivity index (χ0n) is 20.5. The molecule has 1 aromatic heterocycles. The highest BCUT2D eigenvalue weighted by atomic mass is 16.5. The number of piperidine rings is 1. The van der Waals surface area contributed by atoms with Gasteiger partial charge in [-0.3, -0.25) is 14.7 Å². The molecule has 2 heterocycles. The van der Waals surface area contributed by atoms with E-state index in [1.54, 1.807) is 7.11 Å². The van der Waals surface area contributed by atoms with E-state index in [1.165, 1.54) is 12.0 Å². The van der Waals surface area contributed by atoms with E-state index in [-0.39, 0.29) is 5.92 Å². The van der Waals surface area contributed by atoms with Crippen molar-refractivity contribution in [1.82, 2.24) is 14.8 Å². The number of hydrogen-bond donors (Lipinski definition) is 0. The van der Waals surface area contributed by atoms with E-state index in [2.05, 4.69) is 64.3 Å². The number of amides is 1. The van der Waals surface area contributed by atoms with Gasteiger partial charge >= 0.3 is 0 Å². The topological polar surface area (TPSA) is 45.7 Å². The van der Waals surface area contributed by atoms with E-state index in [9.17, 15) is 4.79 Å². The Labute approximate surface area is 203 Å². The van der Waals surface area contributed by atoms with Crippen LogP contribution in [0.15, 0.2) is 60.8 Å². The van der Waals surface area contributed by atoms with E-state index in [0.29, 0.717) is 29.7 Å². The lowest BCUT2D eigenvalue weighted by molar-refractivity contribution is -0.138. The molecule has 180 valence electrons. The summed E-state index contributed by atoms with van der Waals surface area (Å²) in [6.07, 6.45) is 11.8. The van der Waals surface area contributed by atoms with Crippen molar-refractivity contribution in [2.75, 3.05) is 27.2 Å². The molecule has 5 rings (SSSR count). The molecule has 2 aromatic rings. The van der Waals surface area contributed by atoms with Crippen LogP contribution in [-0.4, -0.2) is 54.0 Å². The van der Waals surface area contributed by atoms with Crippen LogP contribution in [0.1, 0.15) is 36.9 Å². The molecule has 0 radical (unpaired) electrons. The molecule has 5 nitrogen and oxygen atoms in total. The second kappa shape index (κ2) is 10.3. The minimum Gasteiger partial charge on any atom is -0.497 e. The Morgan fingerprint density at radius 3 is 2.68 bits per heavy atom. The van der Waals surface area contributed by atoms with E-state index in [4.69, 9.17) is 4.74 Å². The number of carbonyl (C=O) groups excluding carboxylic acids is 1. The largest absolute Gasteiger partial charge is 0.497 e. The van der Waals surface area contributed by atoms with Crippen molar-refractivity contribution < 1.29 is 9.53 Å². The fraction of sp³-hybridized carbons (Fsp3) is 0.517. The monoisotopic (exact) mass is 459 g/mol. The summed E-state index contributed by atoms with van der Waals surface area (Å²) in [4.78, 5) is 22.4. The lowest BCUT2D eigenvalue weighted by atomic mass is 9.84. The first-order valence-corrected chi connectivity index (χ1v) is 12.8. The summed E-state index contributed by atoms with van der Waals surface area (Å²) in [5.74, 6) is 3.21. The van der Waals surface area contributed by atoms with Crippen LogP contribution in [0.5, 0.6) is 5.75 Å². The molecule has 1 unspecified atom stereocenters. The number of allylic oxidation sites excluding steroid dienone is 2. The van der Waals surface area contributed by atoms with Gasteiger partial charge in [-0.1, -0.05) is 30.4 Å². The summed E-state index contributed by atoms with van der Waals surface area (Å²) in [5, 5.41) is 0. The maximum Gasteiger partial charge on any atom is 0.226 e. The van der Waals surface area contributed by atoms with Crippen molar-refractivity contribution in [3.63, 3.8) is 0 Å². The number of hydrogen-bond acceptors (Lipinski definition) is 4. The molecular formula is C29H37N3O2. The van der Waals surface area contributed by atoms with Crippen LogP contribution in [0.25, 0.3) is 0 Å². The highest BCUT2D eigenvalue weighted by Crippen LogP contribution is 2.44. The number of fused-ring (bicyclic) bond motifs is 2. The number of nitrogens with zero attached hydrogens (tertiary/aromatic N) is 3.